The van der Waals surface area contributed by atoms with Gasteiger partial charge in [-0.3, -0.25) is 19.2 Å². The van der Waals surface area contributed by atoms with E-state index in [-0.39, 0.29) is 42.7 Å². The van der Waals surface area contributed by atoms with Crippen LogP contribution in [0, 0.1) is 17.3 Å². The van der Waals surface area contributed by atoms with Crippen molar-refractivity contribution in [2.45, 2.75) is 128 Å². The van der Waals surface area contributed by atoms with Gasteiger partial charge in [0.15, 0.2) is 0 Å². The van der Waals surface area contributed by atoms with E-state index in [9.17, 15) is 24.3 Å². The fourth-order valence-corrected chi connectivity index (χ4v) is 8.87. The van der Waals surface area contributed by atoms with E-state index in [4.69, 9.17) is 9.47 Å². The number of likely N-dealkylation sites (N-methyl/N-ethyl adjacent to an activating group) is 1. The molecule has 276 valence electrons. The first kappa shape index (κ1) is 39.3. The van der Waals surface area contributed by atoms with Crippen molar-refractivity contribution in [3.63, 3.8) is 0 Å². The molecule has 2 bridgehead atoms. The average Bonchev–Trinajstić information content (AvgIpc) is 3.71. The zero-order chi connectivity index (χ0) is 37.2. The quantitative estimate of drug-likeness (QED) is 0.181. The van der Waals surface area contributed by atoms with E-state index >= 15 is 0 Å². The van der Waals surface area contributed by atoms with E-state index in [0.29, 0.717) is 32.1 Å². The average molecular weight is 694 g/mol. The Bertz CT molecular complexity index is 1420. The molecule has 3 amide bonds. The minimum absolute atomic E-state index is 0.0970. The zero-order valence-electron chi connectivity index (χ0n) is 31.4. The number of rotatable bonds is 16. The first-order valence-corrected chi connectivity index (χ1v) is 18.1. The summed E-state index contributed by atoms with van der Waals surface area (Å²) in [6.07, 6.45) is 4.78. The molecule has 1 aromatic rings. The van der Waals surface area contributed by atoms with Gasteiger partial charge in [0.05, 0.1) is 36.6 Å². The first-order chi connectivity index (χ1) is 23.5. The standard InChI is InChI=1S/C40H59N3O7/c1-11-14-20-30(45)41(10)26(4)33(27-18-16-15-17-19-27)49-37(48)31-29-21-22-40(50-29)32(31)35(46)43(28(13-3)24-44)34(40)36(47)42(23-12-2)39(8,9)25-38(5,6)7/h11-12,15-19,26,28-29,31-34,44H,1-2,13-14,20-25H2,3-10H3/t26-,28-,29+,31-,32-,33+,34+,40-/m0/s1. The Labute approximate surface area is 298 Å². The number of allylic oxidation sites excluding steroid dienone is 1. The van der Waals surface area contributed by atoms with Crippen LogP contribution in [0.4, 0.5) is 0 Å². The lowest BCUT2D eigenvalue weighted by Crippen LogP contribution is -2.62. The topological polar surface area (TPSA) is 117 Å². The Morgan fingerprint density at radius 1 is 1.14 bits per heavy atom. The summed E-state index contributed by atoms with van der Waals surface area (Å²) in [5, 5.41) is 10.5. The molecule has 3 aliphatic rings. The van der Waals surface area contributed by atoms with Crippen LogP contribution in [0.1, 0.15) is 98.7 Å². The van der Waals surface area contributed by atoms with Crippen LogP contribution in [0.5, 0.6) is 0 Å². The van der Waals surface area contributed by atoms with Gasteiger partial charge in [-0.15, -0.1) is 13.2 Å². The van der Waals surface area contributed by atoms with Crippen molar-refractivity contribution in [3.8, 4) is 0 Å². The number of aliphatic hydroxyl groups is 1. The molecule has 3 fully saturated rings. The Hall–Kier alpha value is -3.50. The number of ether oxygens (including phenoxy) is 2. The fourth-order valence-electron chi connectivity index (χ4n) is 8.87. The lowest BCUT2D eigenvalue weighted by atomic mass is 9.70. The second kappa shape index (κ2) is 15.4. The highest BCUT2D eigenvalue weighted by Gasteiger charge is 2.76. The van der Waals surface area contributed by atoms with Gasteiger partial charge in [0.1, 0.15) is 17.7 Å². The summed E-state index contributed by atoms with van der Waals surface area (Å²) in [4.78, 5) is 62.1. The third-order valence-electron chi connectivity index (χ3n) is 11.0. The van der Waals surface area contributed by atoms with Gasteiger partial charge in [0.2, 0.25) is 17.7 Å². The van der Waals surface area contributed by atoms with Gasteiger partial charge in [-0.25, -0.2) is 0 Å². The van der Waals surface area contributed by atoms with Crippen molar-refractivity contribution >= 4 is 23.7 Å². The highest BCUT2D eigenvalue weighted by molar-refractivity contribution is 5.98. The van der Waals surface area contributed by atoms with Gasteiger partial charge in [-0.05, 0) is 63.9 Å². The zero-order valence-corrected chi connectivity index (χ0v) is 31.4. The molecule has 0 unspecified atom stereocenters. The fraction of sp³-hybridized carbons (Fsp3) is 0.650. The van der Waals surface area contributed by atoms with E-state index < -0.39 is 59.3 Å². The molecule has 1 aromatic carbocycles. The number of carbonyl (C=O) groups is 4. The molecule has 4 rings (SSSR count). The number of aliphatic hydroxyl groups excluding tert-OH is 1. The second-order valence-corrected chi connectivity index (χ2v) is 16.2. The molecule has 8 atom stereocenters. The molecule has 3 saturated heterocycles. The van der Waals surface area contributed by atoms with E-state index in [1.807, 2.05) is 58.0 Å². The number of esters is 1. The molecule has 3 aliphatic heterocycles. The summed E-state index contributed by atoms with van der Waals surface area (Å²) in [5.74, 6) is -3.26. The van der Waals surface area contributed by atoms with Crippen LogP contribution in [-0.4, -0.2) is 99.1 Å². The molecule has 1 N–H and O–H groups in total. The summed E-state index contributed by atoms with van der Waals surface area (Å²) in [5.41, 5.74) is -1.24. The number of benzene rings is 1. The lowest BCUT2D eigenvalue weighted by molar-refractivity contribution is -0.165. The van der Waals surface area contributed by atoms with Crippen LogP contribution < -0.4 is 0 Å². The number of carbonyl (C=O) groups excluding carboxylic acids is 4. The molecule has 1 spiro atoms. The lowest BCUT2D eigenvalue weighted by Gasteiger charge is -2.46. The minimum atomic E-state index is -1.26. The van der Waals surface area contributed by atoms with Crippen molar-refractivity contribution < 1.29 is 33.8 Å². The van der Waals surface area contributed by atoms with E-state index in [2.05, 4.69) is 33.9 Å². The summed E-state index contributed by atoms with van der Waals surface area (Å²) >= 11 is 0. The third kappa shape index (κ3) is 7.42. The Kier molecular flexibility index (Phi) is 12.1. The molecule has 0 aromatic heterocycles. The molecule has 0 radical (unpaired) electrons. The van der Waals surface area contributed by atoms with Gasteiger partial charge in [-0.2, -0.15) is 0 Å². The second-order valence-electron chi connectivity index (χ2n) is 16.2. The smallest absolute Gasteiger partial charge is 0.313 e. The van der Waals surface area contributed by atoms with Crippen molar-refractivity contribution in [1.82, 2.24) is 14.7 Å². The molecule has 0 saturated carbocycles. The summed E-state index contributed by atoms with van der Waals surface area (Å²) in [6, 6.07) is 7.09. The Morgan fingerprint density at radius 3 is 2.36 bits per heavy atom. The van der Waals surface area contributed by atoms with Crippen molar-refractivity contribution in [2.75, 3.05) is 20.2 Å². The van der Waals surface area contributed by atoms with Gasteiger partial charge in [0, 0.05) is 25.6 Å². The van der Waals surface area contributed by atoms with Gasteiger partial charge in [0.25, 0.3) is 0 Å². The number of hydrogen-bond acceptors (Lipinski definition) is 7. The maximum absolute atomic E-state index is 15.0. The maximum atomic E-state index is 15.0. The predicted octanol–water partition coefficient (Wildman–Crippen LogP) is 5.46. The van der Waals surface area contributed by atoms with E-state index in [1.54, 1.807) is 29.0 Å². The maximum Gasteiger partial charge on any atom is 0.313 e. The molecular formula is C40H59N3O7. The van der Waals surface area contributed by atoms with Crippen LogP contribution in [-0.2, 0) is 28.7 Å². The Morgan fingerprint density at radius 2 is 1.80 bits per heavy atom. The van der Waals surface area contributed by atoms with Crippen molar-refractivity contribution in [1.29, 1.82) is 0 Å². The molecule has 10 heteroatoms. The Balaban J connectivity index is 1.74. The van der Waals surface area contributed by atoms with Crippen molar-refractivity contribution in [2.24, 2.45) is 17.3 Å². The predicted molar refractivity (Wildman–Crippen MR) is 193 cm³/mol. The first-order valence-electron chi connectivity index (χ1n) is 18.1. The van der Waals surface area contributed by atoms with Crippen LogP contribution >= 0.6 is 0 Å². The molecular weight excluding hydrogens is 634 g/mol. The van der Waals surface area contributed by atoms with Crippen LogP contribution in [0.25, 0.3) is 0 Å². The molecule has 50 heavy (non-hydrogen) atoms. The summed E-state index contributed by atoms with van der Waals surface area (Å²) in [6.45, 7) is 21.7. The highest BCUT2D eigenvalue weighted by atomic mass is 16.6. The number of amides is 3. The molecule has 10 nitrogen and oxygen atoms in total. The van der Waals surface area contributed by atoms with Crippen LogP contribution in [0.2, 0.25) is 0 Å². The molecule has 3 heterocycles. The van der Waals surface area contributed by atoms with Crippen molar-refractivity contribution in [3.05, 3.63) is 61.2 Å². The van der Waals surface area contributed by atoms with Gasteiger partial charge in [-0.1, -0.05) is 70.2 Å². The minimum Gasteiger partial charge on any atom is -0.455 e. The molecule has 0 aliphatic carbocycles. The monoisotopic (exact) mass is 693 g/mol. The SMILES string of the molecule is C=CCCC(=O)N(C)[C@@H](C)[C@@H](OC(=O)[C@@H]1[C@H]2C(=O)N([C@@H](CC)CO)[C@H](C(=O)N(CC=C)C(C)(C)CC(C)(C)C)[C@]23CC[C@H]1O3)c1ccccc1. The largest absolute Gasteiger partial charge is 0.455 e. The van der Waals surface area contributed by atoms with Gasteiger partial charge >= 0.3 is 5.97 Å². The summed E-state index contributed by atoms with van der Waals surface area (Å²) in [7, 11) is 1.69. The van der Waals surface area contributed by atoms with Gasteiger partial charge < -0.3 is 29.3 Å². The third-order valence-corrected chi connectivity index (χ3v) is 11.0. The number of nitrogens with zero attached hydrogens (tertiary/aromatic N) is 3. The highest BCUT2D eigenvalue weighted by Crippen LogP contribution is 2.59. The summed E-state index contributed by atoms with van der Waals surface area (Å²) < 4.78 is 13.1. The van der Waals surface area contributed by atoms with E-state index in [1.165, 1.54) is 4.90 Å². The van der Waals surface area contributed by atoms with Crippen LogP contribution in [0.3, 0.4) is 0 Å². The van der Waals surface area contributed by atoms with Crippen LogP contribution in [0.15, 0.2) is 55.6 Å². The normalized spacial score (nSPS) is 26.2. The number of likely N-dealkylation sites (tertiary alicyclic amines) is 1. The number of fused-ring (bicyclic) bond motifs is 1. The van der Waals surface area contributed by atoms with E-state index in [0.717, 1.165) is 5.56 Å². The number of hydrogen-bond donors (Lipinski definition) is 1.